The molecule has 0 spiro atoms. The first kappa shape index (κ1) is 23.4. The van der Waals surface area contributed by atoms with Crippen LogP contribution in [-0.4, -0.2) is 60.6 Å². The first-order valence-electron chi connectivity index (χ1n) is 9.09. The van der Waals surface area contributed by atoms with Gasteiger partial charge in [0.05, 0.1) is 16.8 Å². The number of nitrogens with two attached hydrogens (primary N) is 1. The third kappa shape index (κ3) is 6.17. The van der Waals surface area contributed by atoms with Crippen molar-refractivity contribution in [3.63, 3.8) is 0 Å². The maximum absolute atomic E-state index is 12.9. The molecular weight excluding hydrogens is 372 g/mol. The van der Waals surface area contributed by atoms with Gasteiger partial charge in [0.2, 0.25) is 0 Å². The summed E-state index contributed by atoms with van der Waals surface area (Å²) in [6, 6.07) is 5.70. The second kappa shape index (κ2) is 11.2. The van der Waals surface area contributed by atoms with E-state index in [1.54, 1.807) is 24.3 Å². The summed E-state index contributed by atoms with van der Waals surface area (Å²) in [6.07, 6.45) is 2.56. The number of ether oxygens (including phenoxy) is 1. The summed E-state index contributed by atoms with van der Waals surface area (Å²) in [7, 11) is -3.55. The number of aliphatic carboxylic acids is 1. The lowest BCUT2D eigenvalue weighted by Gasteiger charge is -2.36. The van der Waals surface area contributed by atoms with Gasteiger partial charge in [-0.3, -0.25) is 9.69 Å². The fourth-order valence-corrected chi connectivity index (χ4v) is 4.90. The number of carbonyl (C=O) groups is 1. The number of nitrogens with zero attached hydrogens (tertiary/aromatic N) is 1. The number of likely N-dealkylation sites (tertiary alicyclic amines) is 1. The molecule has 2 atom stereocenters. The Morgan fingerprint density at radius 1 is 1.26 bits per heavy atom. The Morgan fingerprint density at radius 2 is 1.89 bits per heavy atom. The summed E-state index contributed by atoms with van der Waals surface area (Å²) in [6.45, 7) is 5.66. The Labute approximate surface area is 160 Å². The van der Waals surface area contributed by atoms with Crippen LogP contribution in [0.25, 0.3) is 0 Å². The number of hydrogen-bond donors (Lipinski definition) is 3. The van der Waals surface area contributed by atoms with Gasteiger partial charge in [-0.05, 0) is 50.1 Å². The third-order valence-corrected chi connectivity index (χ3v) is 6.95. The molecule has 1 heterocycles. The molecule has 1 aliphatic rings. The molecule has 27 heavy (non-hydrogen) atoms. The maximum Gasteiger partial charge on any atom is 0.320 e. The standard InChI is InChI=1S/C18H27NO5S.H3NO/c1-3-5-12-24-14-6-8-15(9-7-14)25(22,23)16-10-11-19(4-2)17(13-16)18(20)21;1-2/h6-9,16-17H,3-5,10-13H2,1-2H3,(H,20,21);2H,1H2. The van der Waals surface area contributed by atoms with Crippen LogP contribution in [-0.2, 0) is 14.6 Å². The summed E-state index contributed by atoms with van der Waals surface area (Å²) in [5, 5.41) is 15.2. The molecular formula is C18H30N2O6S. The van der Waals surface area contributed by atoms with Crippen LogP contribution in [0.4, 0.5) is 0 Å². The van der Waals surface area contributed by atoms with Gasteiger partial charge in [-0.1, -0.05) is 20.3 Å². The second-order valence-electron chi connectivity index (χ2n) is 6.35. The van der Waals surface area contributed by atoms with Gasteiger partial charge in [0.15, 0.2) is 9.84 Å². The van der Waals surface area contributed by atoms with Gasteiger partial charge in [0, 0.05) is 6.54 Å². The largest absolute Gasteiger partial charge is 0.494 e. The quantitative estimate of drug-likeness (QED) is 0.444. The van der Waals surface area contributed by atoms with E-state index in [2.05, 4.69) is 12.8 Å². The van der Waals surface area contributed by atoms with E-state index in [9.17, 15) is 18.3 Å². The lowest BCUT2D eigenvalue weighted by molar-refractivity contribution is -0.144. The minimum Gasteiger partial charge on any atom is -0.494 e. The zero-order chi connectivity index (χ0) is 20.4. The number of carboxylic acids is 1. The Bertz CT molecular complexity index is 678. The Morgan fingerprint density at radius 3 is 2.41 bits per heavy atom. The van der Waals surface area contributed by atoms with Crippen molar-refractivity contribution in [2.75, 3.05) is 19.7 Å². The van der Waals surface area contributed by atoms with Gasteiger partial charge < -0.3 is 15.1 Å². The topological polar surface area (TPSA) is 130 Å². The zero-order valence-electron chi connectivity index (χ0n) is 15.9. The van der Waals surface area contributed by atoms with E-state index in [1.807, 2.05) is 11.8 Å². The molecule has 9 heteroatoms. The number of hydrogen-bond acceptors (Lipinski definition) is 7. The predicted octanol–water partition coefficient (Wildman–Crippen LogP) is 1.91. The Balaban J connectivity index is 0.00000176. The van der Waals surface area contributed by atoms with Crippen molar-refractivity contribution in [2.24, 2.45) is 5.90 Å². The summed E-state index contributed by atoms with van der Waals surface area (Å²) in [5.41, 5.74) is 0. The molecule has 1 aromatic rings. The molecule has 0 radical (unpaired) electrons. The summed E-state index contributed by atoms with van der Waals surface area (Å²) in [5.74, 6) is 3.19. The van der Waals surface area contributed by atoms with Crippen molar-refractivity contribution in [1.29, 1.82) is 0 Å². The van der Waals surface area contributed by atoms with Crippen molar-refractivity contribution in [2.45, 2.75) is 55.7 Å². The molecule has 0 aromatic heterocycles. The second-order valence-corrected chi connectivity index (χ2v) is 8.58. The van der Waals surface area contributed by atoms with E-state index < -0.39 is 27.1 Å². The molecule has 2 rings (SSSR count). The fraction of sp³-hybridized carbons (Fsp3) is 0.611. The van der Waals surface area contributed by atoms with E-state index in [4.69, 9.17) is 9.94 Å². The summed E-state index contributed by atoms with van der Waals surface area (Å²) >= 11 is 0. The molecule has 1 aromatic carbocycles. The molecule has 0 aliphatic carbocycles. The lowest BCUT2D eigenvalue weighted by Crippen LogP contribution is -2.50. The Kier molecular flexibility index (Phi) is 9.71. The number of carboxylic acid groups (broad SMARTS) is 1. The zero-order valence-corrected chi connectivity index (χ0v) is 16.7. The monoisotopic (exact) mass is 402 g/mol. The third-order valence-electron chi connectivity index (χ3n) is 4.71. The van der Waals surface area contributed by atoms with Crippen LogP contribution < -0.4 is 10.6 Å². The van der Waals surface area contributed by atoms with E-state index in [0.717, 1.165) is 12.8 Å². The minimum absolute atomic E-state index is 0.125. The molecule has 1 fully saturated rings. The van der Waals surface area contributed by atoms with Crippen LogP contribution in [0.5, 0.6) is 5.75 Å². The van der Waals surface area contributed by atoms with Crippen molar-refractivity contribution in [3.8, 4) is 5.75 Å². The van der Waals surface area contributed by atoms with Gasteiger partial charge in [-0.15, -0.1) is 0 Å². The highest BCUT2D eigenvalue weighted by Crippen LogP contribution is 2.29. The normalized spacial score (nSPS) is 20.4. The highest BCUT2D eigenvalue weighted by Gasteiger charge is 2.39. The van der Waals surface area contributed by atoms with Gasteiger partial charge in [0.25, 0.3) is 0 Å². The average molecular weight is 403 g/mol. The smallest absolute Gasteiger partial charge is 0.320 e. The molecule has 8 nitrogen and oxygen atoms in total. The van der Waals surface area contributed by atoms with Crippen LogP contribution in [0.3, 0.4) is 0 Å². The maximum atomic E-state index is 12.9. The highest BCUT2D eigenvalue weighted by atomic mass is 32.2. The van der Waals surface area contributed by atoms with Crippen molar-refractivity contribution < 1.29 is 28.3 Å². The first-order valence-corrected chi connectivity index (χ1v) is 10.6. The van der Waals surface area contributed by atoms with Crippen LogP contribution in [0.2, 0.25) is 0 Å². The van der Waals surface area contributed by atoms with E-state index in [0.29, 0.717) is 31.9 Å². The Hall–Kier alpha value is -1.68. The molecule has 1 saturated heterocycles. The lowest BCUT2D eigenvalue weighted by atomic mass is 10.0. The first-order chi connectivity index (χ1) is 12.9. The van der Waals surface area contributed by atoms with Crippen molar-refractivity contribution in [1.82, 2.24) is 4.90 Å². The number of sulfone groups is 1. The van der Waals surface area contributed by atoms with Gasteiger partial charge >= 0.3 is 5.97 Å². The number of likely N-dealkylation sites (N-methyl/N-ethyl adjacent to an activating group) is 1. The minimum atomic E-state index is -3.55. The number of piperidine rings is 1. The van der Waals surface area contributed by atoms with Crippen LogP contribution >= 0.6 is 0 Å². The van der Waals surface area contributed by atoms with Crippen LogP contribution in [0.15, 0.2) is 29.2 Å². The van der Waals surface area contributed by atoms with Crippen molar-refractivity contribution in [3.05, 3.63) is 24.3 Å². The number of unbranched alkanes of at least 4 members (excludes halogenated alkanes) is 1. The van der Waals surface area contributed by atoms with Gasteiger partial charge in [-0.25, -0.2) is 14.3 Å². The molecule has 0 bridgehead atoms. The van der Waals surface area contributed by atoms with Crippen molar-refractivity contribution >= 4 is 15.8 Å². The molecule has 0 amide bonds. The molecule has 2 unspecified atom stereocenters. The highest BCUT2D eigenvalue weighted by molar-refractivity contribution is 7.92. The van der Waals surface area contributed by atoms with Crippen LogP contribution in [0, 0.1) is 0 Å². The predicted molar refractivity (Wildman–Crippen MR) is 102 cm³/mol. The molecule has 4 N–H and O–H groups in total. The van der Waals surface area contributed by atoms with Crippen LogP contribution in [0.1, 0.15) is 39.5 Å². The summed E-state index contributed by atoms with van der Waals surface area (Å²) < 4.78 is 31.3. The van der Waals surface area contributed by atoms with Gasteiger partial charge in [0.1, 0.15) is 11.8 Å². The molecule has 0 saturated carbocycles. The summed E-state index contributed by atoms with van der Waals surface area (Å²) in [4.78, 5) is 13.5. The number of rotatable bonds is 8. The van der Waals surface area contributed by atoms with Gasteiger partial charge in [-0.2, -0.15) is 0 Å². The van der Waals surface area contributed by atoms with E-state index in [-0.39, 0.29) is 11.3 Å². The van der Waals surface area contributed by atoms with E-state index in [1.165, 1.54) is 0 Å². The fourth-order valence-electron chi connectivity index (χ4n) is 3.15. The number of benzene rings is 1. The SMILES string of the molecule is CCCCOc1ccc(S(=O)(=O)C2CCN(CC)C(C(=O)O)C2)cc1.NO. The molecule has 154 valence electrons. The average Bonchev–Trinajstić information content (AvgIpc) is 2.69. The molecule has 1 aliphatic heterocycles. The van der Waals surface area contributed by atoms with E-state index >= 15 is 0 Å².